The van der Waals surface area contributed by atoms with Crippen molar-refractivity contribution in [1.29, 1.82) is 0 Å². The van der Waals surface area contributed by atoms with Crippen molar-refractivity contribution in [2.75, 3.05) is 19.0 Å². The van der Waals surface area contributed by atoms with Crippen molar-refractivity contribution in [1.82, 2.24) is 0 Å². The Balaban J connectivity index is 2.44. The number of rotatable bonds is 41. The van der Waals surface area contributed by atoms with Gasteiger partial charge < -0.3 is 34.3 Å². The van der Waals surface area contributed by atoms with Gasteiger partial charge >= 0.3 is 11.9 Å². The minimum Gasteiger partial charge on any atom is -0.462 e. The highest BCUT2D eigenvalue weighted by molar-refractivity contribution is 7.85. The zero-order valence-electron chi connectivity index (χ0n) is 39.6. The number of hydrogen-bond donors (Lipinski definition) is 4. The monoisotopic (exact) mass is 925 g/mol. The van der Waals surface area contributed by atoms with Crippen molar-refractivity contribution in [3.63, 3.8) is 0 Å². The molecule has 1 rings (SSSR count). The molecule has 6 atom stereocenters. The predicted molar refractivity (Wildman–Crippen MR) is 256 cm³/mol. The third-order valence-corrected chi connectivity index (χ3v) is 11.8. The van der Waals surface area contributed by atoms with Gasteiger partial charge in [-0.2, -0.15) is 8.42 Å². The fraction of sp³-hybridized carbons (Fsp3) is 0.765. The summed E-state index contributed by atoms with van der Waals surface area (Å²) in [5.41, 5.74) is 0. The van der Waals surface area contributed by atoms with Crippen LogP contribution in [0.5, 0.6) is 0 Å². The molecule has 0 amide bonds. The van der Waals surface area contributed by atoms with E-state index in [2.05, 4.69) is 68.5 Å². The van der Waals surface area contributed by atoms with Gasteiger partial charge in [-0.1, -0.05) is 164 Å². The van der Waals surface area contributed by atoms with Crippen LogP contribution in [0, 0.1) is 0 Å². The maximum absolute atomic E-state index is 12.8. The van der Waals surface area contributed by atoms with Crippen LogP contribution in [0.25, 0.3) is 0 Å². The van der Waals surface area contributed by atoms with Crippen molar-refractivity contribution < 1.29 is 56.8 Å². The van der Waals surface area contributed by atoms with E-state index >= 15 is 0 Å². The summed E-state index contributed by atoms with van der Waals surface area (Å²) in [5.74, 6) is -2.06. The van der Waals surface area contributed by atoms with Crippen LogP contribution in [0.1, 0.15) is 194 Å². The number of aliphatic hydroxyl groups excluding tert-OH is 3. The highest BCUT2D eigenvalue weighted by atomic mass is 32.2. The molecule has 0 spiro atoms. The van der Waals surface area contributed by atoms with Crippen molar-refractivity contribution >= 4 is 22.1 Å². The lowest BCUT2D eigenvalue weighted by Crippen LogP contribution is -2.60. The Morgan fingerprint density at radius 3 is 1.47 bits per heavy atom. The molecule has 1 heterocycles. The number of esters is 2. The van der Waals surface area contributed by atoms with Gasteiger partial charge in [0.15, 0.2) is 12.4 Å². The maximum Gasteiger partial charge on any atom is 0.306 e. The number of carbonyl (C=O) groups is 2. The highest BCUT2D eigenvalue weighted by Crippen LogP contribution is 2.24. The fourth-order valence-corrected chi connectivity index (χ4v) is 7.88. The van der Waals surface area contributed by atoms with E-state index in [-0.39, 0.29) is 19.4 Å². The number of carbonyl (C=O) groups excluding carboxylic acids is 2. The predicted octanol–water partition coefficient (Wildman–Crippen LogP) is 10.9. The van der Waals surface area contributed by atoms with Gasteiger partial charge in [0.2, 0.25) is 0 Å². The molecule has 1 saturated heterocycles. The molecule has 2 unspecified atom stereocenters. The molecular formula is C51H88O12S. The van der Waals surface area contributed by atoms with E-state index in [0.717, 1.165) is 57.8 Å². The molecule has 13 heteroatoms. The third-order valence-electron chi connectivity index (χ3n) is 11.1. The second-order valence-electron chi connectivity index (χ2n) is 17.1. The smallest absolute Gasteiger partial charge is 0.306 e. The molecule has 64 heavy (non-hydrogen) atoms. The first-order chi connectivity index (χ1) is 31.0. The first-order valence-electron chi connectivity index (χ1n) is 24.8. The van der Waals surface area contributed by atoms with Crippen molar-refractivity contribution in [3.8, 4) is 0 Å². The zero-order chi connectivity index (χ0) is 46.9. The van der Waals surface area contributed by atoms with E-state index in [9.17, 15) is 37.9 Å². The molecule has 0 aliphatic carbocycles. The van der Waals surface area contributed by atoms with Crippen molar-refractivity contribution in [2.45, 2.75) is 230 Å². The van der Waals surface area contributed by atoms with E-state index in [0.29, 0.717) is 19.3 Å². The lowest BCUT2D eigenvalue weighted by molar-refractivity contribution is -0.297. The Morgan fingerprint density at radius 1 is 0.531 bits per heavy atom. The van der Waals surface area contributed by atoms with Crippen LogP contribution >= 0.6 is 0 Å². The summed E-state index contributed by atoms with van der Waals surface area (Å²) in [6.07, 6.45) is 41.2. The maximum atomic E-state index is 12.8. The average Bonchev–Trinajstić information content (AvgIpc) is 3.26. The molecule has 12 nitrogen and oxygen atoms in total. The van der Waals surface area contributed by atoms with Crippen LogP contribution in [0.3, 0.4) is 0 Å². The summed E-state index contributed by atoms with van der Waals surface area (Å²) >= 11 is 0. The molecule has 1 aliphatic heterocycles. The Hall–Kier alpha value is -2.65. The van der Waals surface area contributed by atoms with Gasteiger partial charge in [0.05, 0.1) is 6.61 Å². The third kappa shape index (κ3) is 34.7. The van der Waals surface area contributed by atoms with Crippen LogP contribution in [-0.2, 0) is 38.7 Å². The van der Waals surface area contributed by atoms with Gasteiger partial charge in [-0.3, -0.25) is 14.1 Å². The summed E-state index contributed by atoms with van der Waals surface area (Å²) in [5, 5.41) is 30.9. The quantitative estimate of drug-likeness (QED) is 0.0197. The second-order valence-corrected chi connectivity index (χ2v) is 18.6. The summed E-state index contributed by atoms with van der Waals surface area (Å²) in [7, 11) is -4.61. The highest BCUT2D eigenvalue weighted by Gasteiger charge is 2.46. The van der Waals surface area contributed by atoms with Crippen LogP contribution < -0.4 is 0 Å². The van der Waals surface area contributed by atoms with Crippen LogP contribution in [0.15, 0.2) is 60.8 Å². The number of aliphatic hydroxyl groups is 3. The van der Waals surface area contributed by atoms with Crippen molar-refractivity contribution in [3.05, 3.63) is 60.8 Å². The molecule has 1 fully saturated rings. The SMILES string of the molecule is CCCCCC/C=C/CCCCCCCCCC(=O)O[C@H](COC(=O)CCC/C=C/C/C=C/C/C=C/C/C=C/CCCCCCCCC)CO[C@H]1O[C@H](CS(=O)(=O)O)[C@@H](O)C(O)C1O. The summed E-state index contributed by atoms with van der Waals surface area (Å²) in [4.78, 5) is 25.5. The molecule has 0 bridgehead atoms. The van der Waals surface area contributed by atoms with Gasteiger partial charge in [-0.25, -0.2) is 0 Å². The van der Waals surface area contributed by atoms with Gasteiger partial charge in [0.25, 0.3) is 10.1 Å². The normalized spacial score (nSPS) is 20.1. The van der Waals surface area contributed by atoms with Gasteiger partial charge in [0, 0.05) is 12.8 Å². The fourth-order valence-electron chi connectivity index (χ4n) is 7.19. The van der Waals surface area contributed by atoms with Crippen LogP contribution in [0.2, 0.25) is 0 Å². The van der Waals surface area contributed by atoms with E-state index < -0.39 is 71.2 Å². The molecule has 0 aromatic heterocycles. The van der Waals surface area contributed by atoms with Crippen LogP contribution in [-0.4, -0.2) is 96.0 Å². The second kappa shape index (κ2) is 40.6. The molecular weight excluding hydrogens is 837 g/mol. The lowest BCUT2D eigenvalue weighted by Gasteiger charge is -2.40. The molecule has 0 saturated carbocycles. The van der Waals surface area contributed by atoms with Gasteiger partial charge in [-0.15, -0.1) is 0 Å². The van der Waals surface area contributed by atoms with E-state index in [1.54, 1.807) is 0 Å². The Labute approximate surface area is 387 Å². The van der Waals surface area contributed by atoms with E-state index in [1.807, 2.05) is 6.08 Å². The summed E-state index contributed by atoms with van der Waals surface area (Å²) in [6, 6.07) is 0. The molecule has 0 radical (unpaired) electrons. The molecule has 4 N–H and O–H groups in total. The summed E-state index contributed by atoms with van der Waals surface area (Å²) in [6.45, 7) is 3.70. The first kappa shape index (κ1) is 59.4. The van der Waals surface area contributed by atoms with Gasteiger partial charge in [0.1, 0.15) is 36.8 Å². The molecule has 1 aliphatic rings. The van der Waals surface area contributed by atoms with Crippen LogP contribution in [0.4, 0.5) is 0 Å². The first-order valence-corrected chi connectivity index (χ1v) is 26.5. The molecule has 0 aromatic carbocycles. The van der Waals surface area contributed by atoms with Gasteiger partial charge in [-0.05, 0) is 77.0 Å². The lowest BCUT2D eigenvalue weighted by atomic mass is 10.00. The standard InChI is InChI=1S/C51H88O12S/c1-3-5-7-9-11-13-15-17-19-20-21-22-23-24-26-27-29-31-33-35-37-39-46(52)60-41-44(42-61-51-50(56)49(55)48(54)45(63-51)43-64(57,58)59)62-47(53)40-38-36-34-32-30-28-25-18-16-14-12-10-8-6-4-2/h14,16,19-20,22-23,26-27,31,33,44-45,48-51,54-56H,3-13,15,17-18,21,24-25,28-30,32,34-43H2,1-2H3,(H,57,58,59)/b16-14+,20-19+,23-22+,27-26+,33-31+/t44-,45-,48-,49?,50?,51+/m1/s1. The Kier molecular flexibility index (Phi) is 37.7. The number of unbranched alkanes of at least 4 members (excludes halogenated alkanes) is 19. The largest absolute Gasteiger partial charge is 0.462 e. The number of ether oxygens (including phenoxy) is 4. The summed E-state index contributed by atoms with van der Waals surface area (Å²) < 4.78 is 54.1. The minimum absolute atomic E-state index is 0.141. The minimum atomic E-state index is -4.61. The topological polar surface area (TPSA) is 186 Å². The molecule has 0 aromatic rings. The Bertz CT molecular complexity index is 1410. The number of allylic oxidation sites excluding steroid dienone is 10. The molecule has 370 valence electrons. The average molecular weight is 925 g/mol. The van der Waals surface area contributed by atoms with E-state index in [4.69, 9.17) is 18.9 Å². The number of hydrogen-bond acceptors (Lipinski definition) is 11. The Morgan fingerprint density at radius 2 is 0.953 bits per heavy atom. The van der Waals surface area contributed by atoms with Crippen molar-refractivity contribution in [2.24, 2.45) is 0 Å². The van der Waals surface area contributed by atoms with E-state index in [1.165, 1.54) is 89.9 Å². The zero-order valence-corrected chi connectivity index (χ0v) is 40.4.